The number of anilines is 1. The lowest BCUT2D eigenvalue weighted by Gasteiger charge is -2.28. The largest absolute Gasteiger partial charge is 0.365 e. The van der Waals surface area contributed by atoms with Crippen molar-refractivity contribution < 1.29 is 9.59 Å². The summed E-state index contributed by atoms with van der Waals surface area (Å²) in [5, 5.41) is 7.82. The molecule has 24 heavy (non-hydrogen) atoms. The number of aromatic nitrogens is 2. The molecule has 1 aliphatic rings. The Labute approximate surface area is 161 Å². The number of hydrogen-bond acceptors (Lipinski definition) is 3. The molecule has 2 heterocycles. The quantitative estimate of drug-likeness (QED) is 0.648. The predicted molar refractivity (Wildman–Crippen MR) is 99.4 cm³/mol. The Morgan fingerprint density at radius 1 is 1.25 bits per heavy atom. The molecule has 3 N–H and O–H groups in total. The first kappa shape index (κ1) is 17.3. The number of primary amides is 1. The minimum atomic E-state index is -0.549. The second-order valence-corrected chi connectivity index (χ2v) is 7.02. The van der Waals surface area contributed by atoms with Crippen molar-refractivity contribution in [3.05, 3.63) is 43.2 Å². The molecule has 3 amide bonds. The number of carbonyl (C=O) groups excluding carboxylic acids is 2. The topological polar surface area (TPSA) is 93.2 Å². The predicted octanol–water partition coefficient (Wildman–Crippen LogP) is 2.94. The monoisotopic (exact) mass is 479 g/mol. The Bertz CT molecular complexity index is 839. The zero-order valence-corrected chi connectivity index (χ0v) is 15.9. The molecule has 0 spiro atoms. The summed E-state index contributed by atoms with van der Waals surface area (Å²) in [6, 6.07) is 4.55. The Morgan fingerprint density at radius 3 is 2.67 bits per heavy atom. The molecule has 0 radical (unpaired) electrons. The molecule has 0 aliphatic carbocycles. The minimum absolute atomic E-state index is 0.251. The smallest absolute Gasteiger partial charge is 0.322 e. The Morgan fingerprint density at radius 2 is 2.00 bits per heavy atom. The summed E-state index contributed by atoms with van der Waals surface area (Å²) in [6.45, 7) is 1.21. The summed E-state index contributed by atoms with van der Waals surface area (Å²) in [4.78, 5) is 25.6. The van der Waals surface area contributed by atoms with Crippen molar-refractivity contribution in [2.24, 2.45) is 5.73 Å². The van der Waals surface area contributed by atoms with Crippen LogP contribution in [0, 0.1) is 3.70 Å². The molecule has 3 rings (SSSR count). The van der Waals surface area contributed by atoms with Gasteiger partial charge in [-0.15, -0.1) is 0 Å². The third-order valence-electron chi connectivity index (χ3n) is 3.64. The summed E-state index contributed by atoms with van der Waals surface area (Å²) in [5.74, 6) is -0.549. The van der Waals surface area contributed by atoms with Crippen LogP contribution in [0.15, 0.2) is 18.2 Å². The third-order valence-corrected chi connectivity index (χ3v) is 5.14. The lowest BCUT2D eigenvalue weighted by molar-refractivity contribution is 0.0996. The van der Waals surface area contributed by atoms with E-state index >= 15 is 0 Å². The van der Waals surface area contributed by atoms with Crippen molar-refractivity contribution in [1.29, 1.82) is 0 Å². The highest BCUT2D eigenvalue weighted by atomic mass is 127. The van der Waals surface area contributed by atoms with Gasteiger partial charge in [0.15, 0.2) is 0 Å². The number of fused-ring (bicyclic) bond motifs is 1. The number of carbonyl (C=O) groups is 2. The van der Waals surface area contributed by atoms with E-state index in [1.807, 2.05) is 22.6 Å². The standard InChI is InChI=1S/C14H12Cl2IN5O2/c15-8-2-1-7(5-9(8)16)19-14(24)21-3-4-22-10(6-21)11(13(18)23)12(17)20-22/h1-2,5H,3-4,6H2,(H2,18,23)(H,19,24). The van der Waals surface area contributed by atoms with E-state index < -0.39 is 5.91 Å². The van der Waals surface area contributed by atoms with Crippen molar-refractivity contribution in [2.75, 3.05) is 11.9 Å². The molecule has 1 aromatic heterocycles. The molecule has 0 bridgehead atoms. The van der Waals surface area contributed by atoms with Gasteiger partial charge in [-0.3, -0.25) is 9.48 Å². The summed E-state index contributed by atoms with van der Waals surface area (Å²) in [5.41, 5.74) is 6.96. The number of amides is 3. The van der Waals surface area contributed by atoms with Crippen LogP contribution >= 0.6 is 45.8 Å². The van der Waals surface area contributed by atoms with E-state index in [9.17, 15) is 9.59 Å². The normalized spacial score (nSPS) is 13.5. The van der Waals surface area contributed by atoms with E-state index in [1.165, 1.54) is 0 Å². The molecule has 0 atom stereocenters. The number of halogens is 3. The van der Waals surface area contributed by atoms with Gasteiger partial charge in [-0.1, -0.05) is 23.2 Å². The first-order chi connectivity index (χ1) is 11.4. The van der Waals surface area contributed by atoms with Gasteiger partial charge >= 0.3 is 6.03 Å². The zero-order chi connectivity index (χ0) is 17.4. The van der Waals surface area contributed by atoms with Gasteiger partial charge in [0.05, 0.1) is 34.4 Å². The number of rotatable bonds is 2. The average Bonchev–Trinajstić information content (AvgIpc) is 2.85. The highest BCUT2D eigenvalue weighted by Gasteiger charge is 2.28. The van der Waals surface area contributed by atoms with Gasteiger partial charge in [0.2, 0.25) is 0 Å². The fraction of sp³-hybridized carbons (Fsp3) is 0.214. The van der Waals surface area contributed by atoms with Crippen LogP contribution in [-0.4, -0.2) is 33.2 Å². The van der Waals surface area contributed by atoms with Crippen LogP contribution in [-0.2, 0) is 13.1 Å². The minimum Gasteiger partial charge on any atom is -0.365 e. The Hall–Kier alpha value is -1.52. The lowest BCUT2D eigenvalue weighted by atomic mass is 10.2. The number of benzene rings is 1. The van der Waals surface area contributed by atoms with E-state index in [2.05, 4.69) is 10.4 Å². The fourth-order valence-electron chi connectivity index (χ4n) is 2.48. The number of hydrogen-bond donors (Lipinski definition) is 2. The van der Waals surface area contributed by atoms with Crippen molar-refractivity contribution in [3.8, 4) is 0 Å². The summed E-state index contributed by atoms with van der Waals surface area (Å²) in [7, 11) is 0. The molecular formula is C14H12Cl2IN5O2. The Kier molecular flexibility index (Phi) is 4.88. The highest BCUT2D eigenvalue weighted by Crippen LogP contribution is 2.26. The van der Waals surface area contributed by atoms with Crippen LogP contribution < -0.4 is 11.1 Å². The molecular weight excluding hydrogens is 468 g/mol. The second-order valence-electron chi connectivity index (χ2n) is 5.18. The molecule has 0 saturated heterocycles. The van der Waals surface area contributed by atoms with Crippen LogP contribution in [0.3, 0.4) is 0 Å². The van der Waals surface area contributed by atoms with Gasteiger partial charge in [-0.05, 0) is 40.8 Å². The van der Waals surface area contributed by atoms with Gasteiger partial charge in [0.25, 0.3) is 5.91 Å². The molecule has 0 saturated carbocycles. The van der Waals surface area contributed by atoms with Crippen LogP contribution in [0.2, 0.25) is 10.0 Å². The maximum Gasteiger partial charge on any atom is 0.322 e. The first-order valence-electron chi connectivity index (χ1n) is 6.92. The van der Waals surface area contributed by atoms with Gasteiger partial charge in [-0.25, -0.2) is 4.79 Å². The van der Waals surface area contributed by atoms with E-state index in [1.54, 1.807) is 27.8 Å². The molecule has 10 heteroatoms. The van der Waals surface area contributed by atoms with Crippen LogP contribution in [0.25, 0.3) is 0 Å². The van der Waals surface area contributed by atoms with E-state index in [-0.39, 0.29) is 12.6 Å². The molecule has 0 fully saturated rings. The third kappa shape index (κ3) is 3.31. The summed E-state index contributed by atoms with van der Waals surface area (Å²) in [6.07, 6.45) is 0. The SMILES string of the molecule is NC(=O)c1c(I)nn2c1CN(C(=O)Nc1ccc(Cl)c(Cl)c1)CC2. The first-order valence-corrected chi connectivity index (χ1v) is 8.76. The van der Waals surface area contributed by atoms with E-state index in [0.29, 0.717) is 43.8 Å². The fourth-order valence-corrected chi connectivity index (χ4v) is 3.61. The zero-order valence-electron chi connectivity index (χ0n) is 12.2. The highest BCUT2D eigenvalue weighted by molar-refractivity contribution is 14.1. The second kappa shape index (κ2) is 6.77. The van der Waals surface area contributed by atoms with Gasteiger partial charge < -0.3 is 16.0 Å². The maximum absolute atomic E-state index is 12.5. The van der Waals surface area contributed by atoms with Crippen LogP contribution in [0.4, 0.5) is 10.5 Å². The van der Waals surface area contributed by atoms with Crippen molar-refractivity contribution in [2.45, 2.75) is 13.1 Å². The van der Waals surface area contributed by atoms with Crippen molar-refractivity contribution >= 4 is 63.4 Å². The number of nitrogens with zero attached hydrogens (tertiary/aromatic N) is 3. The molecule has 1 aliphatic heterocycles. The van der Waals surface area contributed by atoms with E-state index in [0.717, 1.165) is 0 Å². The number of nitrogens with one attached hydrogen (secondary N) is 1. The average molecular weight is 480 g/mol. The van der Waals surface area contributed by atoms with E-state index in [4.69, 9.17) is 28.9 Å². The molecule has 1 aromatic carbocycles. The van der Waals surface area contributed by atoms with Gasteiger partial charge in [-0.2, -0.15) is 5.10 Å². The maximum atomic E-state index is 12.5. The molecule has 126 valence electrons. The summed E-state index contributed by atoms with van der Waals surface area (Å²) >= 11 is 13.8. The molecule has 0 unspecified atom stereocenters. The van der Waals surface area contributed by atoms with Crippen molar-refractivity contribution in [1.82, 2.24) is 14.7 Å². The Balaban J connectivity index is 1.78. The van der Waals surface area contributed by atoms with Crippen molar-refractivity contribution in [3.63, 3.8) is 0 Å². The van der Waals surface area contributed by atoms with Gasteiger partial charge in [0.1, 0.15) is 3.70 Å². The van der Waals surface area contributed by atoms with Crippen LogP contribution in [0.5, 0.6) is 0 Å². The number of urea groups is 1. The molecule has 7 nitrogen and oxygen atoms in total. The van der Waals surface area contributed by atoms with Crippen LogP contribution in [0.1, 0.15) is 16.1 Å². The summed E-state index contributed by atoms with van der Waals surface area (Å²) < 4.78 is 2.26. The van der Waals surface area contributed by atoms with Gasteiger partial charge in [0, 0.05) is 12.2 Å². The molecule has 2 aromatic rings. The lowest BCUT2D eigenvalue weighted by Crippen LogP contribution is -2.41. The number of nitrogens with two attached hydrogens (primary N) is 1.